The Bertz CT molecular complexity index is 545. The molecule has 1 aromatic carbocycles. The van der Waals surface area contributed by atoms with Gasteiger partial charge in [-0.1, -0.05) is 62.4 Å². The van der Waals surface area contributed by atoms with E-state index in [2.05, 4.69) is 22.5 Å². The molecule has 1 aromatic heterocycles. The summed E-state index contributed by atoms with van der Waals surface area (Å²) in [5.74, 6) is 0.724. The van der Waals surface area contributed by atoms with Crippen molar-refractivity contribution in [2.45, 2.75) is 51.0 Å². The first kappa shape index (κ1) is 14.7. The normalized spacial score (nSPS) is 17.8. The van der Waals surface area contributed by atoms with Crippen LogP contribution in [0.4, 0.5) is 0 Å². The number of thiazole rings is 1. The third-order valence-corrected chi connectivity index (χ3v) is 5.23. The fraction of sp³-hybridized carbons (Fsp3) is 0.500. The van der Waals surface area contributed by atoms with Crippen LogP contribution in [-0.4, -0.2) is 16.2 Å². The third-order valence-electron chi connectivity index (χ3n) is 4.36. The monoisotopic (exact) mass is 301 g/mol. The van der Waals surface area contributed by atoms with Crippen LogP contribution in [0.25, 0.3) is 11.3 Å². The summed E-state index contributed by atoms with van der Waals surface area (Å²) >= 11 is 1.66. The van der Waals surface area contributed by atoms with Crippen LogP contribution in [-0.2, 0) is 6.42 Å². The summed E-state index contributed by atoms with van der Waals surface area (Å²) in [6, 6.07) is 10.2. The molecule has 1 N–H and O–H groups in total. The van der Waals surface area contributed by atoms with E-state index in [0.29, 0.717) is 6.42 Å². The Morgan fingerprint density at radius 2 is 1.90 bits per heavy atom. The van der Waals surface area contributed by atoms with Gasteiger partial charge in [-0.2, -0.15) is 0 Å². The summed E-state index contributed by atoms with van der Waals surface area (Å²) in [4.78, 5) is 4.67. The van der Waals surface area contributed by atoms with E-state index in [1.807, 2.05) is 18.2 Å². The number of hydrogen-bond acceptors (Lipinski definition) is 3. The van der Waals surface area contributed by atoms with Crippen molar-refractivity contribution < 1.29 is 5.11 Å². The van der Waals surface area contributed by atoms with Gasteiger partial charge < -0.3 is 5.11 Å². The topological polar surface area (TPSA) is 33.1 Å². The second-order valence-corrected chi connectivity index (χ2v) is 7.03. The van der Waals surface area contributed by atoms with E-state index in [1.54, 1.807) is 11.3 Å². The molecule has 0 bridgehead atoms. The summed E-state index contributed by atoms with van der Waals surface area (Å²) in [6.07, 6.45) is 8.06. The highest BCUT2D eigenvalue weighted by Crippen LogP contribution is 2.29. The minimum absolute atomic E-state index is 0.233. The number of rotatable bonds is 5. The second-order valence-electron chi connectivity index (χ2n) is 6.09. The molecule has 1 atom stereocenters. The standard InChI is InChI=1S/C18H23NOS/c20-16(11-14-7-3-1-4-8-14)12-18-19-17(13-21-18)15-9-5-2-6-10-15/h2,5-6,9-10,13-14,16,20H,1,3-4,7-8,11-12H2. The molecule has 2 nitrogen and oxygen atoms in total. The molecule has 0 saturated heterocycles. The zero-order chi connectivity index (χ0) is 14.5. The Morgan fingerprint density at radius 3 is 2.67 bits per heavy atom. The lowest BCUT2D eigenvalue weighted by molar-refractivity contribution is 0.130. The molecule has 0 radical (unpaired) electrons. The van der Waals surface area contributed by atoms with Crippen LogP contribution in [0.2, 0.25) is 0 Å². The molecule has 21 heavy (non-hydrogen) atoms. The maximum atomic E-state index is 10.3. The quantitative estimate of drug-likeness (QED) is 0.869. The van der Waals surface area contributed by atoms with Crippen LogP contribution in [0.3, 0.4) is 0 Å². The van der Waals surface area contributed by atoms with E-state index < -0.39 is 0 Å². The van der Waals surface area contributed by atoms with Gasteiger partial charge in [0, 0.05) is 17.4 Å². The zero-order valence-electron chi connectivity index (χ0n) is 12.4. The molecule has 0 amide bonds. The van der Waals surface area contributed by atoms with Gasteiger partial charge in [-0.05, 0) is 12.3 Å². The summed E-state index contributed by atoms with van der Waals surface area (Å²) in [5, 5.41) is 13.4. The molecular weight excluding hydrogens is 278 g/mol. The molecule has 0 aliphatic heterocycles. The molecule has 1 saturated carbocycles. The van der Waals surface area contributed by atoms with Gasteiger partial charge >= 0.3 is 0 Å². The maximum absolute atomic E-state index is 10.3. The lowest BCUT2D eigenvalue weighted by atomic mass is 9.85. The number of benzene rings is 1. The lowest BCUT2D eigenvalue weighted by Gasteiger charge is -2.23. The molecule has 1 aliphatic rings. The predicted molar refractivity (Wildman–Crippen MR) is 88.5 cm³/mol. The van der Waals surface area contributed by atoms with Crippen LogP contribution >= 0.6 is 11.3 Å². The lowest BCUT2D eigenvalue weighted by Crippen LogP contribution is -2.18. The van der Waals surface area contributed by atoms with Crippen molar-refractivity contribution >= 4 is 11.3 Å². The Balaban J connectivity index is 1.56. The van der Waals surface area contributed by atoms with Crippen LogP contribution < -0.4 is 0 Å². The van der Waals surface area contributed by atoms with Gasteiger partial charge in [0.1, 0.15) is 0 Å². The summed E-state index contributed by atoms with van der Waals surface area (Å²) < 4.78 is 0. The van der Waals surface area contributed by atoms with Gasteiger partial charge in [0.25, 0.3) is 0 Å². The minimum atomic E-state index is -0.233. The van der Waals surface area contributed by atoms with Gasteiger partial charge in [-0.3, -0.25) is 0 Å². The molecule has 1 unspecified atom stereocenters. The smallest absolute Gasteiger partial charge is 0.0958 e. The number of aromatic nitrogens is 1. The summed E-state index contributed by atoms with van der Waals surface area (Å²) in [5.41, 5.74) is 2.18. The fourth-order valence-electron chi connectivity index (χ4n) is 3.24. The van der Waals surface area contributed by atoms with Crippen molar-refractivity contribution in [3.8, 4) is 11.3 Å². The number of aliphatic hydroxyl groups is 1. The molecule has 3 rings (SSSR count). The van der Waals surface area contributed by atoms with Gasteiger partial charge in [-0.25, -0.2) is 4.98 Å². The van der Waals surface area contributed by atoms with Crippen molar-refractivity contribution in [1.82, 2.24) is 4.98 Å². The average molecular weight is 301 g/mol. The van der Waals surface area contributed by atoms with Crippen molar-refractivity contribution in [2.24, 2.45) is 5.92 Å². The highest BCUT2D eigenvalue weighted by atomic mass is 32.1. The zero-order valence-corrected chi connectivity index (χ0v) is 13.2. The van der Waals surface area contributed by atoms with Crippen molar-refractivity contribution in [3.63, 3.8) is 0 Å². The highest BCUT2D eigenvalue weighted by molar-refractivity contribution is 7.09. The van der Waals surface area contributed by atoms with E-state index in [4.69, 9.17) is 0 Å². The largest absolute Gasteiger partial charge is 0.393 e. The van der Waals surface area contributed by atoms with Gasteiger partial charge in [0.05, 0.1) is 16.8 Å². The second kappa shape index (κ2) is 7.19. The van der Waals surface area contributed by atoms with E-state index in [-0.39, 0.29) is 6.10 Å². The number of hydrogen-bond donors (Lipinski definition) is 1. The molecule has 2 aromatic rings. The maximum Gasteiger partial charge on any atom is 0.0958 e. The Kier molecular flexibility index (Phi) is 5.04. The van der Waals surface area contributed by atoms with E-state index >= 15 is 0 Å². The van der Waals surface area contributed by atoms with E-state index in [0.717, 1.165) is 28.6 Å². The third kappa shape index (κ3) is 4.14. The average Bonchev–Trinajstić information content (AvgIpc) is 2.97. The highest BCUT2D eigenvalue weighted by Gasteiger charge is 2.18. The SMILES string of the molecule is OC(Cc1nc(-c2ccccc2)cs1)CC1CCCCC1. The van der Waals surface area contributed by atoms with Gasteiger partial charge in [0.2, 0.25) is 0 Å². The Labute approximate surface area is 130 Å². The molecule has 1 heterocycles. The van der Waals surface area contributed by atoms with Gasteiger partial charge in [-0.15, -0.1) is 11.3 Å². The molecule has 0 spiro atoms. The first-order chi connectivity index (χ1) is 10.3. The van der Waals surface area contributed by atoms with E-state index in [1.165, 1.54) is 32.1 Å². The van der Waals surface area contributed by atoms with Gasteiger partial charge in [0.15, 0.2) is 0 Å². The van der Waals surface area contributed by atoms with Crippen LogP contribution in [0.15, 0.2) is 35.7 Å². The molecule has 3 heteroatoms. The molecule has 112 valence electrons. The minimum Gasteiger partial charge on any atom is -0.393 e. The Morgan fingerprint density at radius 1 is 1.14 bits per heavy atom. The Hall–Kier alpha value is -1.19. The molecular formula is C18H23NOS. The molecule has 1 aliphatic carbocycles. The van der Waals surface area contributed by atoms with Crippen molar-refractivity contribution in [3.05, 3.63) is 40.7 Å². The van der Waals surface area contributed by atoms with Crippen molar-refractivity contribution in [1.29, 1.82) is 0 Å². The van der Waals surface area contributed by atoms with Crippen LogP contribution in [0, 0.1) is 5.92 Å². The van der Waals surface area contributed by atoms with Crippen LogP contribution in [0.5, 0.6) is 0 Å². The first-order valence-corrected chi connectivity index (χ1v) is 8.87. The number of aliphatic hydroxyl groups excluding tert-OH is 1. The fourth-order valence-corrected chi connectivity index (χ4v) is 4.11. The first-order valence-electron chi connectivity index (χ1n) is 7.99. The van der Waals surface area contributed by atoms with E-state index in [9.17, 15) is 5.11 Å². The predicted octanol–water partition coefficient (Wildman–Crippen LogP) is 4.68. The molecule has 1 fully saturated rings. The summed E-state index contributed by atoms with van der Waals surface area (Å²) in [7, 11) is 0. The number of nitrogens with zero attached hydrogens (tertiary/aromatic N) is 1. The summed E-state index contributed by atoms with van der Waals surface area (Å²) in [6.45, 7) is 0. The van der Waals surface area contributed by atoms with Crippen LogP contribution in [0.1, 0.15) is 43.5 Å². The van der Waals surface area contributed by atoms with Crippen molar-refractivity contribution in [2.75, 3.05) is 0 Å².